The third-order valence-electron chi connectivity index (χ3n) is 2.73. The lowest BCUT2D eigenvalue weighted by Gasteiger charge is -1.98. The molecule has 1 aromatic carbocycles. The fraction of sp³-hybridized carbons (Fsp3) is 0.385. The summed E-state index contributed by atoms with van der Waals surface area (Å²) in [5, 5.41) is 9.13. The van der Waals surface area contributed by atoms with Gasteiger partial charge in [0.15, 0.2) is 6.19 Å². The highest BCUT2D eigenvalue weighted by Crippen LogP contribution is 2.16. The van der Waals surface area contributed by atoms with Gasteiger partial charge in [0.2, 0.25) is 0 Å². The lowest BCUT2D eigenvalue weighted by molar-refractivity contribution is 0.690. The van der Waals surface area contributed by atoms with E-state index in [1.165, 1.54) is 12.8 Å². The summed E-state index contributed by atoms with van der Waals surface area (Å²) in [7, 11) is 0. The number of hydrogen-bond acceptors (Lipinski definition) is 2. The van der Waals surface area contributed by atoms with E-state index in [2.05, 4.69) is 18.1 Å². The molecule has 0 aliphatic carbocycles. The molecule has 2 rings (SSSR count). The second kappa shape index (κ2) is 4.80. The van der Waals surface area contributed by atoms with Crippen LogP contribution in [0.3, 0.4) is 0 Å². The number of nitriles is 1. The van der Waals surface area contributed by atoms with E-state index >= 15 is 0 Å². The first kappa shape index (κ1) is 10.7. The van der Waals surface area contributed by atoms with Crippen molar-refractivity contribution in [1.82, 2.24) is 9.55 Å². The highest BCUT2D eigenvalue weighted by molar-refractivity contribution is 5.76. The zero-order valence-corrected chi connectivity index (χ0v) is 9.48. The summed E-state index contributed by atoms with van der Waals surface area (Å²) in [4.78, 5) is 4.50. The van der Waals surface area contributed by atoms with Gasteiger partial charge in [0.1, 0.15) is 5.82 Å². The second-order valence-corrected chi connectivity index (χ2v) is 3.91. The van der Waals surface area contributed by atoms with Gasteiger partial charge >= 0.3 is 0 Å². The van der Waals surface area contributed by atoms with Gasteiger partial charge < -0.3 is 0 Å². The smallest absolute Gasteiger partial charge is 0.190 e. The Morgan fingerprint density at radius 3 is 2.88 bits per heavy atom. The van der Waals surface area contributed by atoms with Crippen molar-refractivity contribution >= 4 is 11.0 Å². The minimum Gasteiger partial charge on any atom is -0.232 e. The molecule has 1 heterocycles. The Morgan fingerprint density at radius 2 is 2.12 bits per heavy atom. The molecule has 16 heavy (non-hydrogen) atoms. The molecule has 0 fully saturated rings. The third-order valence-corrected chi connectivity index (χ3v) is 2.73. The molecule has 3 heteroatoms. The summed E-state index contributed by atoms with van der Waals surface area (Å²) in [6.45, 7) is 2.17. The molecule has 0 aliphatic heterocycles. The summed E-state index contributed by atoms with van der Waals surface area (Å²) in [5.41, 5.74) is 1.83. The van der Waals surface area contributed by atoms with E-state index in [1.54, 1.807) is 4.57 Å². The predicted molar refractivity (Wildman–Crippen MR) is 64.0 cm³/mol. The monoisotopic (exact) mass is 213 g/mol. The SMILES string of the molecule is CCCCCc1nc2ccccc2n1C#N. The Morgan fingerprint density at radius 1 is 1.31 bits per heavy atom. The minimum absolute atomic E-state index is 0.885. The fourth-order valence-electron chi connectivity index (χ4n) is 1.89. The van der Waals surface area contributed by atoms with Gasteiger partial charge in [-0.25, -0.2) is 9.55 Å². The Bertz CT molecular complexity index is 519. The van der Waals surface area contributed by atoms with E-state index in [0.29, 0.717) is 0 Å². The van der Waals surface area contributed by atoms with Crippen LogP contribution in [0, 0.1) is 11.5 Å². The van der Waals surface area contributed by atoms with E-state index < -0.39 is 0 Å². The topological polar surface area (TPSA) is 41.6 Å². The summed E-state index contributed by atoms with van der Waals surface area (Å²) < 4.78 is 1.64. The van der Waals surface area contributed by atoms with Gasteiger partial charge in [0.25, 0.3) is 0 Å². The molecule has 2 aromatic rings. The Labute approximate surface area is 95.3 Å². The first-order chi connectivity index (χ1) is 7.86. The number of fused-ring (bicyclic) bond motifs is 1. The molecule has 82 valence electrons. The van der Waals surface area contributed by atoms with Crippen molar-refractivity contribution in [3.63, 3.8) is 0 Å². The first-order valence-electron chi connectivity index (χ1n) is 5.73. The van der Waals surface area contributed by atoms with E-state index in [4.69, 9.17) is 5.26 Å². The van der Waals surface area contributed by atoms with E-state index in [1.807, 2.05) is 24.3 Å². The molecular formula is C13H15N3. The second-order valence-electron chi connectivity index (χ2n) is 3.91. The molecule has 1 aromatic heterocycles. The van der Waals surface area contributed by atoms with Gasteiger partial charge in [0, 0.05) is 6.42 Å². The van der Waals surface area contributed by atoms with Crippen LogP contribution >= 0.6 is 0 Å². The summed E-state index contributed by atoms with van der Waals surface area (Å²) in [6.07, 6.45) is 6.56. The maximum absolute atomic E-state index is 9.13. The molecular weight excluding hydrogens is 198 g/mol. The number of aromatic nitrogens is 2. The average Bonchev–Trinajstić information content (AvgIpc) is 2.67. The molecule has 0 atom stereocenters. The van der Waals surface area contributed by atoms with Crippen LogP contribution in [0.25, 0.3) is 11.0 Å². The maximum atomic E-state index is 9.13. The summed E-state index contributed by atoms with van der Waals surface area (Å²) in [6, 6.07) is 7.78. The zero-order valence-electron chi connectivity index (χ0n) is 9.48. The van der Waals surface area contributed by atoms with E-state index in [0.717, 1.165) is 29.7 Å². The fourth-order valence-corrected chi connectivity index (χ4v) is 1.89. The minimum atomic E-state index is 0.885. The maximum Gasteiger partial charge on any atom is 0.190 e. The van der Waals surface area contributed by atoms with Crippen molar-refractivity contribution in [3.05, 3.63) is 30.1 Å². The number of hydrogen-bond donors (Lipinski definition) is 0. The third kappa shape index (κ3) is 1.92. The van der Waals surface area contributed by atoms with Gasteiger partial charge in [-0.2, -0.15) is 5.26 Å². The van der Waals surface area contributed by atoms with Crippen LogP contribution < -0.4 is 0 Å². The standard InChI is InChI=1S/C13H15N3/c1-2-3-4-9-13-15-11-7-5-6-8-12(11)16(13)10-14/h5-8H,2-4,9H2,1H3. The van der Waals surface area contributed by atoms with E-state index in [-0.39, 0.29) is 0 Å². The molecule has 0 saturated heterocycles. The number of imidazole rings is 1. The van der Waals surface area contributed by atoms with Crippen LogP contribution in [0.4, 0.5) is 0 Å². The van der Waals surface area contributed by atoms with Gasteiger partial charge in [-0.3, -0.25) is 0 Å². The lowest BCUT2D eigenvalue weighted by Crippen LogP contribution is -1.97. The van der Waals surface area contributed by atoms with Crippen molar-refractivity contribution in [2.75, 3.05) is 0 Å². The highest BCUT2D eigenvalue weighted by atomic mass is 15.1. The average molecular weight is 213 g/mol. The van der Waals surface area contributed by atoms with Crippen LogP contribution in [-0.4, -0.2) is 9.55 Å². The van der Waals surface area contributed by atoms with Crippen molar-refractivity contribution in [3.8, 4) is 6.19 Å². The normalized spacial score (nSPS) is 10.5. The molecule has 0 N–H and O–H groups in total. The van der Waals surface area contributed by atoms with E-state index in [9.17, 15) is 0 Å². The Balaban J connectivity index is 2.34. The van der Waals surface area contributed by atoms with Crippen molar-refractivity contribution < 1.29 is 0 Å². The highest BCUT2D eigenvalue weighted by Gasteiger charge is 2.08. The van der Waals surface area contributed by atoms with Crippen molar-refractivity contribution in [2.45, 2.75) is 32.6 Å². The Hall–Kier alpha value is -1.82. The molecule has 0 bridgehead atoms. The number of nitrogens with zero attached hydrogens (tertiary/aromatic N) is 3. The van der Waals surface area contributed by atoms with Gasteiger partial charge in [-0.15, -0.1) is 0 Å². The van der Waals surface area contributed by atoms with Crippen molar-refractivity contribution in [1.29, 1.82) is 5.26 Å². The number of para-hydroxylation sites is 2. The molecule has 0 spiro atoms. The van der Waals surface area contributed by atoms with Crippen molar-refractivity contribution in [2.24, 2.45) is 0 Å². The largest absolute Gasteiger partial charge is 0.232 e. The number of unbranched alkanes of at least 4 members (excludes halogenated alkanes) is 2. The molecule has 0 aliphatic rings. The quantitative estimate of drug-likeness (QED) is 0.732. The molecule has 0 unspecified atom stereocenters. The molecule has 0 radical (unpaired) electrons. The number of aryl methyl sites for hydroxylation is 1. The van der Waals surface area contributed by atoms with Crippen LogP contribution in [0.15, 0.2) is 24.3 Å². The molecule has 3 nitrogen and oxygen atoms in total. The Kier molecular flexibility index (Phi) is 3.21. The lowest BCUT2D eigenvalue weighted by atomic mass is 10.2. The van der Waals surface area contributed by atoms with Gasteiger partial charge in [-0.1, -0.05) is 31.9 Å². The van der Waals surface area contributed by atoms with Crippen LogP contribution in [0.2, 0.25) is 0 Å². The van der Waals surface area contributed by atoms with Crippen LogP contribution in [0.1, 0.15) is 32.0 Å². The number of benzene rings is 1. The van der Waals surface area contributed by atoms with Gasteiger partial charge in [-0.05, 0) is 18.6 Å². The molecule has 0 saturated carbocycles. The first-order valence-corrected chi connectivity index (χ1v) is 5.73. The van der Waals surface area contributed by atoms with Crippen LogP contribution in [-0.2, 0) is 6.42 Å². The number of rotatable bonds is 4. The zero-order chi connectivity index (χ0) is 11.4. The predicted octanol–water partition coefficient (Wildman–Crippen LogP) is 3.10. The van der Waals surface area contributed by atoms with Crippen LogP contribution in [0.5, 0.6) is 0 Å². The summed E-state index contributed by atoms with van der Waals surface area (Å²) >= 11 is 0. The molecule has 0 amide bonds. The summed E-state index contributed by atoms with van der Waals surface area (Å²) in [5.74, 6) is 0.886. The van der Waals surface area contributed by atoms with Gasteiger partial charge in [0.05, 0.1) is 11.0 Å².